The maximum absolute atomic E-state index is 11.3. The standard InChI is InChI=1S/C10H21NO2S/c1-5-6-9(4)10(7-8(2)3)14(11,12)13/h5,8-10H,1,6-7H2,2-4H3,(H2,11,12,13)/t9-,10?/m0/s1. The summed E-state index contributed by atoms with van der Waals surface area (Å²) in [4.78, 5) is 0. The number of sulfonamides is 1. The molecular formula is C10H21NO2S. The van der Waals surface area contributed by atoms with E-state index in [4.69, 9.17) is 5.14 Å². The molecule has 2 atom stereocenters. The lowest BCUT2D eigenvalue weighted by molar-refractivity contribution is 0.441. The fourth-order valence-corrected chi connectivity index (χ4v) is 2.98. The summed E-state index contributed by atoms with van der Waals surface area (Å²) in [5.41, 5.74) is 0. The Balaban J connectivity index is 4.64. The second kappa shape index (κ2) is 5.51. The van der Waals surface area contributed by atoms with Gasteiger partial charge in [-0.2, -0.15) is 0 Å². The highest BCUT2D eigenvalue weighted by atomic mass is 32.2. The Bertz CT molecular complexity index is 270. The molecule has 0 saturated carbocycles. The summed E-state index contributed by atoms with van der Waals surface area (Å²) in [5, 5.41) is 4.75. The average molecular weight is 219 g/mol. The van der Waals surface area contributed by atoms with Crippen LogP contribution in [0.2, 0.25) is 0 Å². The lowest BCUT2D eigenvalue weighted by Gasteiger charge is -2.22. The Hall–Kier alpha value is -0.350. The normalized spacial score (nSPS) is 16.6. The van der Waals surface area contributed by atoms with Crippen molar-refractivity contribution < 1.29 is 8.42 Å². The molecule has 0 spiro atoms. The molecule has 0 heterocycles. The molecular weight excluding hydrogens is 198 g/mol. The minimum absolute atomic E-state index is 0.0462. The lowest BCUT2D eigenvalue weighted by Crippen LogP contribution is -2.35. The minimum atomic E-state index is -3.43. The molecule has 0 fully saturated rings. The smallest absolute Gasteiger partial charge is 0.212 e. The van der Waals surface area contributed by atoms with E-state index in [0.717, 1.165) is 0 Å². The zero-order chi connectivity index (χ0) is 11.4. The van der Waals surface area contributed by atoms with Gasteiger partial charge < -0.3 is 0 Å². The molecule has 3 nitrogen and oxygen atoms in total. The summed E-state index contributed by atoms with van der Waals surface area (Å²) in [6, 6.07) is 0. The SMILES string of the molecule is C=CC[C@H](C)C(CC(C)C)S(N)(=O)=O. The first-order valence-corrected chi connectivity index (χ1v) is 6.52. The summed E-state index contributed by atoms with van der Waals surface area (Å²) in [6.45, 7) is 9.51. The van der Waals surface area contributed by atoms with Crippen LogP contribution in [0.3, 0.4) is 0 Å². The quantitative estimate of drug-likeness (QED) is 0.694. The first kappa shape index (κ1) is 13.7. The molecule has 4 heteroatoms. The first-order chi connectivity index (χ1) is 6.29. The van der Waals surface area contributed by atoms with Gasteiger partial charge in [-0.15, -0.1) is 6.58 Å². The highest BCUT2D eigenvalue weighted by molar-refractivity contribution is 7.89. The van der Waals surface area contributed by atoms with E-state index in [1.165, 1.54) is 0 Å². The van der Waals surface area contributed by atoms with Gasteiger partial charge in [0, 0.05) is 0 Å². The molecule has 0 aliphatic rings. The van der Waals surface area contributed by atoms with Gasteiger partial charge in [-0.25, -0.2) is 13.6 Å². The molecule has 0 amide bonds. The van der Waals surface area contributed by atoms with E-state index >= 15 is 0 Å². The Morgan fingerprint density at radius 3 is 2.14 bits per heavy atom. The number of nitrogens with two attached hydrogens (primary N) is 1. The van der Waals surface area contributed by atoms with Crippen LogP contribution in [-0.2, 0) is 10.0 Å². The molecule has 0 aromatic carbocycles. The van der Waals surface area contributed by atoms with Crippen LogP contribution in [0, 0.1) is 11.8 Å². The lowest BCUT2D eigenvalue weighted by atomic mass is 9.96. The van der Waals surface area contributed by atoms with Gasteiger partial charge >= 0.3 is 0 Å². The van der Waals surface area contributed by atoms with E-state index in [2.05, 4.69) is 6.58 Å². The molecule has 0 aliphatic heterocycles. The number of hydrogen-bond acceptors (Lipinski definition) is 2. The number of rotatable bonds is 6. The summed E-state index contributed by atoms with van der Waals surface area (Å²) >= 11 is 0. The fourth-order valence-electron chi connectivity index (χ4n) is 1.57. The first-order valence-electron chi connectivity index (χ1n) is 4.91. The molecule has 0 bridgehead atoms. The molecule has 0 saturated heterocycles. The monoisotopic (exact) mass is 219 g/mol. The van der Waals surface area contributed by atoms with Crippen LogP contribution < -0.4 is 5.14 Å². The molecule has 0 rings (SSSR count). The highest BCUT2D eigenvalue weighted by Gasteiger charge is 2.27. The van der Waals surface area contributed by atoms with E-state index in [0.29, 0.717) is 18.8 Å². The van der Waals surface area contributed by atoms with E-state index < -0.39 is 15.3 Å². The molecule has 14 heavy (non-hydrogen) atoms. The van der Waals surface area contributed by atoms with Crippen molar-refractivity contribution in [3.63, 3.8) is 0 Å². The van der Waals surface area contributed by atoms with Crippen LogP contribution in [0.1, 0.15) is 33.6 Å². The number of primary sulfonamides is 1. The molecule has 84 valence electrons. The average Bonchev–Trinajstić information content (AvgIpc) is 1.98. The van der Waals surface area contributed by atoms with Gasteiger partial charge in [-0.1, -0.05) is 26.8 Å². The van der Waals surface area contributed by atoms with E-state index in [-0.39, 0.29) is 5.92 Å². The van der Waals surface area contributed by atoms with Crippen LogP contribution >= 0.6 is 0 Å². The van der Waals surface area contributed by atoms with Gasteiger partial charge in [0.05, 0.1) is 5.25 Å². The largest absolute Gasteiger partial charge is 0.228 e. The zero-order valence-electron chi connectivity index (χ0n) is 9.23. The van der Waals surface area contributed by atoms with Gasteiger partial charge in [0.25, 0.3) is 0 Å². The third-order valence-electron chi connectivity index (χ3n) is 2.30. The van der Waals surface area contributed by atoms with Crippen molar-refractivity contribution >= 4 is 10.0 Å². The Labute approximate surface area is 87.4 Å². The van der Waals surface area contributed by atoms with Crippen LogP contribution in [0.5, 0.6) is 0 Å². The van der Waals surface area contributed by atoms with Gasteiger partial charge in [-0.05, 0) is 24.7 Å². The van der Waals surface area contributed by atoms with Gasteiger partial charge in [-0.3, -0.25) is 0 Å². The van der Waals surface area contributed by atoms with E-state index in [9.17, 15) is 8.42 Å². The predicted molar refractivity (Wildman–Crippen MR) is 60.3 cm³/mol. The Kier molecular flexibility index (Phi) is 5.37. The van der Waals surface area contributed by atoms with Crippen molar-refractivity contribution in [3.8, 4) is 0 Å². The van der Waals surface area contributed by atoms with Crippen molar-refractivity contribution in [3.05, 3.63) is 12.7 Å². The van der Waals surface area contributed by atoms with Gasteiger partial charge in [0.1, 0.15) is 0 Å². The second-order valence-electron chi connectivity index (χ2n) is 4.26. The van der Waals surface area contributed by atoms with Crippen LogP contribution in [0.4, 0.5) is 0 Å². The van der Waals surface area contributed by atoms with Crippen molar-refractivity contribution in [2.24, 2.45) is 17.0 Å². The van der Waals surface area contributed by atoms with Crippen LogP contribution in [0.15, 0.2) is 12.7 Å². The summed E-state index contributed by atoms with van der Waals surface area (Å²) < 4.78 is 22.7. The maximum atomic E-state index is 11.3. The molecule has 0 aromatic heterocycles. The van der Waals surface area contributed by atoms with Crippen molar-refractivity contribution in [2.75, 3.05) is 0 Å². The molecule has 0 aromatic rings. The zero-order valence-corrected chi connectivity index (χ0v) is 10.0. The second-order valence-corrected chi connectivity index (χ2v) is 6.04. The van der Waals surface area contributed by atoms with Gasteiger partial charge in [0.2, 0.25) is 10.0 Å². The highest BCUT2D eigenvalue weighted by Crippen LogP contribution is 2.21. The Morgan fingerprint density at radius 1 is 1.36 bits per heavy atom. The third-order valence-corrected chi connectivity index (χ3v) is 3.80. The summed E-state index contributed by atoms with van der Waals surface area (Å²) in [7, 11) is -3.43. The van der Waals surface area contributed by atoms with Crippen LogP contribution in [-0.4, -0.2) is 13.7 Å². The Morgan fingerprint density at radius 2 is 1.86 bits per heavy atom. The molecule has 1 unspecified atom stereocenters. The number of hydrogen-bond donors (Lipinski definition) is 1. The predicted octanol–water partition coefficient (Wildman–Crippen LogP) is 1.90. The van der Waals surface area contributed by atoms with Crippen LogP contribution in [0.25, 0.3) is 0 Å². The minimum Gasteiger partial charge on any atom is -0.228 e. The topological polar surface area (TPSA) is 60.2 Å². The van der Waals surface area contributed by atoms with Gasteiger partial charge in [0.15, 0.2) is 0 Å². The summed E-state index contributed by atoms with van der Waals surface area (Å²) in [5.74, 6) is 0.385. The molecule has 2 N–H and O–H groups in total. The van der Waals surface area contributed by atoms with Crippen molar-refractivity contribution in [2.45, 2.75) is 38.9 Å². The molecule has 0 aliphatic carbocycles. The molecule has 0 radical (unpaired) electrons. The summed E-state index contributed by atoms with van der Waals surface area (Å²) in [6.07, 6.45) is 3.05. The van der Waals surface area contributed by atoms with E-state index in [1.807, 2.05) is 20.8 Å². The number of allylic oxidation sites excluding steroid dienone is 1. The maximum Gasteiger partial charge on any atom is 0.212 e. The van der Waals surface area contributed by atoms with E-state index in [1.54, 1.807) is 6.08 Å². The van der Waals surface area contributed by atoms with Crippen molar-refractivity contribution in [1.82, 2.24) is 0 Å². The van der Waals surface area contributed by atoms with Crippen molar-refractivity contribution in [1.29, 1.82) is 0 Å². The fraction of sp³-hybridized carbons (Fsp3) is 0.800. The third kappa shape index (κ3) is 4.77.